The van der Waals surface area contributed by atoms with Crippen molar-refractivity contribution in [1.29, 1.82) is 0 Å². The second kappa shape index (κ2) is 6.14. The summed E-state index contributed by atoms with van der Waals surface area (Å²) in [4.78, 5) is 8.75. The minimum atomic E-state index is 0.323. The smallest absolute Gasteiger partial charge is 0.316 e. The molecular weight excluding hydrogens is 226 g/mol. The van der Waals surface area contributed by atoms with Gasteiger partial charge in [0.05, 0.1) is 0 Å². The van der Waals surface area contributed by atoms with Crippen molar-refractivity contribution < 1.29 is 4.74 Å². The van der Waals surface area contributed by atoms with Gasteiger partial charge in [0.2, 0.25) is 0 Å². The standard InChI is InChI=1S/C14H23N3O/c1-10(2)15-8-12-9-16-14(17-11(12)3)18-13-6-4-5-7-13/h9-10,13,15H,4-8H2,1-3H3. The van der Waals surface area contributed by atoms with Crippen LogP contribution < -0.4 is 10.1 Å². The van der Waals surface area contributed by atoms with Crippen molar-refractivity contribution in [1.82, 2.24) is 15.3 Å². The summed E-state index contributed by atoms with van der Waals surface area (Å²) >= 11 is 0. The molecule has 4 heteroatoms. The molecule has 1 aromatic rings. The molecule has 1 aromatic heterocycles. The van der Waals surface area contributed by atoms with E-state index >= 15 is 0 Å². The lowest BCUT2D eigenvalue weighted by atomic mass is 10.2. The maximum Gasteiger partial charge on any atom is 0.316 e. The van der Waals surface area contributed by atoms with Crippen molar-refractivity contribution in [2.24, 2.45) is 0 Å². The summed E-state index contributed by atoms with van der Waals surface area (Å²) in [5.74, 6) is 0. The van der Waals surface area contributed by atoms with Gasteiger partial charge in [-0.25, -0.2) is 9.97 Å². The zero-order valence-electron chi connectivity index (χ0n) is 11.6. The third-order valence-electron chi connectivity index (χ3n) is 3.33. The summed E-state index contributed by atoms with van der Waals surface area (Å²) in [5, 5.41) is 3.37. The summed E-state index contributed by atoms with van der Waals surface area (Å²) < 4.78 is 5.79. The summed E-state index contributed by atoms with van der Waals surface area (Å²) in [6, 6.07) is 1.01. The van der Waals surface area contributed by atoms with Gasteiger partial charge in [-0.15, -0.1) is 0 Å². The second-order valence-electron chi connectivity index (χ2n) is 5.32. The maximum atomic E-state index is 5.79. The average molecular weight is 249 g/mol. The van der Waals surface area contributed by atoms with Crippen LogP contribution in [0.4, 0.5) is 0 Å². The highest BCUT2D eigenvalue weighted by atomic mass is 16.5. The van der Waals surface area contributed by atoms with E-state index in [-0.39, 0.29) is 0 Å². The molecule has 0 amide bonds. The highest BCUT2D eigenvalue weighted by Crippen LogP contribution is 2.22. The van der Waals surface area contributed by atoms with Gasteiger partial charge >= 0.3 is 6.01 Å². The van der Waals surface area contributed by atoms with E-state index in [1.165, 1.54) is 12.8 Å². The minimum Gasteiger partial charge on any atom is -0.460 e. The summed E-state index contributed by atoms with van der Waals surface area (Å²) in [5.41, 5.74) is 2.15. The molecule has 100 valence electrons. The molecule has 0 spiro atoms. The summed E-state index contributed by atoms with van der Waals surface area (Å²) in [6.45, 7) is 7.09. The lowest BCUT2D eigenvalue weighted by Crippen LogP contribution is -2.23. The quantitative estimate of drug-likeness (QED) is 0.871. The van der Waals surface area contributed by atoms with E-state index in [1.807, 2.05) is 13.1 Å². The molecule has 0 bridgehead atoms. The molecule has 2 rings (SSSR count). The summed E-state index contributed by atoms with van der Waals surface area (Å²) in [7, 11) is 0. The van der Waals surface area contributed by atoms with Crippen LogP contribution >= 0.6 is 0 Å². The Balaban J connectivity index is 1.95. The fraction of sp³-hybridized carbons (Fsp3) is 0.714. The minimum absolute atomic E-state index is 0.323. The van der Waals surface area contributed by atoms with Crippen LogP contribution in [0.1, 0.15) is 50.8 Å². The van der Waals surface area contributed by atoms with Gasteiger partial charge in [-0.2, -0.15) is 0 Å². The van der Waals surface area contributed by atoms with Crippen molar-refractivity contribution in [3.8, 4) is 6.01 Å². The Bertz CT molecular complexity index is 387. The molecule has 1 aliphatic carbocycles. The highest BCUT2D eigenvalue weighted by molar-refractivity contribution is 5.17. The lowest BCUT2D eigenvalue weighted by Gasteiger charge is -2.13. The molecule has 1 saturated carbocycles. The monoisotopic (exact) mass is 249 g/mol. The van der Waals surface area contributed by atoms with Crippen LogP contribution in [-0.4, -0.2) is 22.1 Å². The van der Waals surface area contributed by atoms with Gasteiger partial charge in [0.1, 0.15) is 6.10 Å². The van der Waals surface area contributed by atoms with Crippen molar-refractivity contribution >= 4 is 0 Å². The Hall–Kier alpha value is -1.16. The Morgan fingerprint density at radius 2 is 2.11 bits per heavy atom. The number of rotatable bonds is 5. The fourth-order valence-corrected chi connectivity index (χ4v) is 2.17. The Morgan fingerprint density at radius 1 is 1.39 bits per heavy atom. The van der Waals surface area contributed by atoms with E-state index in [4.69, 9.17) is 4.74 Å². The second-order valence-corrected chi connectivity index (χ2v) is 5.32. The van der Waals surface area contributed by atoms with Crippen LogP contribution in [0.15, 0.2) is 6.20 Å². The number of hydrogen-bond donors (Lipinski definition) is 1. The van der Waals surface area contributed by atoms with Crippen molar-refractivity contribution in [3.63, 3.8) is 0 Å². The van der Waals surface area contributed by atoms with E-state index < -0.39 is 0 Å². The SMILES string of the molecule is Cc1nc(OC2CCCC2)ncc1CNC(C)C. The molecule has 0 saturated heterocycles. The number of aryl methyl sites for hydroxylation is 1. The van der Waals surface area contributed by atoms with Gasteiger partial charge < -0.3 is 10.1 Å². The van der Waals surface area contributed by atoms with Gasteiger partial charge in [-0.3, -0.25) is 0 Å². The van der Waals surface area contributed by atoms with Crippen LogP contribution in [-0.2, 0) is 6.54 Å². The predicted molar refractivity (Wildman–Crippen MR) is 71.6 cm³/mol. The lowest BCUT2D eigenvalue weighted by molar-refractivity contribution is 0.191. The third kappa shape index (κ3) is 3.67. The van der Waals surface area contributed by atoms with Crippen molar-refractivity contribution in [2.75, 3.05) is 0 Å². The fourth-order valence-electron chi connectivity index (χ4n) is 2.17. The van der Waals surface area contributed by atoms with Crippen molar-refractivity contribution in [2.45, 2.75) is 65.1 Å². The summed E-state index contributed by atoms with van der Waals surface area (Å²) in [6.07, 6.45) is 7.00. The van der Waals surface area contributed by atoms with Crippen molar-refractivity contribution in [3.05, 3.63) is 17.5 Å². The molecule has 0 aliphatic heterocycles. The first kappa shape index (κ1) is 13.3. The Kier molecular flexibility index (Phi) is 4.53. The molecule has 0 radical (unpaired) electrons. The Labute approximate surface area is 109 Å². The average Bonchev–Trinajstić information content (AvgIpc) is 2.80. The number of hydrogen-bond acceptors (Lipinski definition) is 4. The van der Waals surface area contributed by atoms with Gasteiger partial charge in [0.25, 0.3) is 0 Å². The van der Waals surface area contributed by atoms with Crippen LogP contribution in [0.2, 0.25) is 0 Å². The Morgan fingerprint density at radius 3 is 2.72 bits per heavy atom. The van der Waals surface area contributed by atoms with Crippen LogP contribution in [0.3, 0.4) is 0 Å². The van der Waals surface area contributed by atoms with Gasteiger partial charge in [0, 0.05) is 30.0 Å². The zero-order valence-corrected chi connectivity index (χ0v) is 11.6. The number of aromatic nitrogens is 2. The normalized spacial score (nSPS) is 16.4. The first-order valence-electron chi connectivity index (χ1n) is 6.87. The largest absolute Gasteiger partial charge is 0.460 e. The number of nitrogens with zero attached hydrogens (tertiary/aromatic N) is 2. The van der Waals surface area contributed by atoms with E-state index in [1.54, 1.807) is 0 Å². The molecule has 1 N–H and O–H groups in total. The third-order valence-corrected chi connectivity index (χ3v) is 3.33. The molecule has 4 nitrogen and oxygen atoms in total. The topological polar surface area (TPSA) is 47.0 Å². The van der Waals surface area contributed by atoms with Crippen LogP contribution in [0.25, 0.3) is 0 Å². The zero-order chi connectivity index (χ0) is 13.0. The van der Waals surface area contributed by atoms with E-state index in [9.17, 15) is 0 Å². The molecule has 1 fully saturated rings. The number of ether oxygens (including phenoxy) is 1. The first-order valence-corrected chi connectivity index (χ1v) is 6.87. The van der Waals surface area contributed by atoms with Gasteiger partial charge in [-0.05, 0) is 32.6 Å². The van der Waals surface area contributed by atoms with Gasteiger partial charge in [-0.1, -0.05) is 13.8 Å². The van der Waals surface area contributed by atoms with Crippen LogP contribution in [0.5, 0.6) is 6.01 Å². The maximum absolute atomic E-state index is 5.79. The molecule has 0 unspecified atom stereocenters. The molecule has 0 atom stereocenters. The predicted octanol–water partition coefficient (Wildman–Crippen LogP) is 2.60. The molecular formula is C14H23N3O. The van der Waals surface area contributed by atoms with E-state index in [0.717, 1.165) is 30.6 Å². The first-order chi connectivity index (χ1) is 8.65. The van der Waals surface area contributed by atoms with E-state index in [2.05, 4.69) is 29.1 Å². The molecule has 0 aromatic carbocycles. The van der Waals surface area contributed by atoms with E-state index in [0.29, 0.717) is 18.2 Å². The highest BCUT2D eigenvalue weighted by Gasteiger charge is 2.17. The van der Waals surface area contributed by atoms with Crippen LogP contribution in [0, 0.1) is 6.92 Å². The molecule has 18 heavy (non-hydrogen) atoms. The van der Waals surface area contributed by atoms with Gasteiger partial charge in [0.15, 0.2) is 0 Å². The number of nitrogens with one attached hydrogen (secondary N) is 1. The molecule has 1 aliphatic rings. The molecule has 1 heterocycles.